The molecule has 0 unspecified atom stereocenters. The lowest BCUT2D eigenvalue weighted by molar-refractivity contribution is 0.475. The minimum absolute atomic E-state index is 0.0628. The van der Waals surface area contributed by atoms with Crippen molar-refractivity contribution in [3.05, 3.63) is 107 Å². The van der Waals surface area contributed by atoms with Crippen molar-refractivity contribution in [2.75, 3.05) is 4.90 Å². The van der Waals surface area contributed by atoms with E-state index in [0.29, 0.717) is 5.11 Å². The number of nitrogens with one attached hydrogen (secondary N) is 1. The van der Waals surface area contributed by atoms with E-state index in [1.807, 2.05) is 36.5 Å². The minimum Gasteiger partial charge on any atom is -0.508 e. The fourth-order valence-corrected chi connectivity index (χ4v) is 5.09. The number of nitrogens with zero attached hydrogens (tertiary/aromatic N) is 3. The Hall–Kier alpha value is -3.64. The highest BCUT2D eigenvalue weighted by Crippen LogP contribution is 2.43. The quantitative estimate of drug-likeness (QED) is 0.389. The van der Waals surface area contributed by atoms with Gasteiger partial charge in [-0.15, -0.1) is 0 Å². The smallest absolute Gasteiger partial charge is 0.174 e. The lowest BCUT2D eigenvalue weighted by Gasteiger charge is -2.28. The van der Waals surface area contributed by atoms with E-state index in [-0.39, 0.29) is 17.8 Å². The van der Waals surface area contributed by atoms with Crippen molar-refractivity contribution in [1.29, 1.82) is 0 Å². The first-order chi connectivity index (χ1) is 15.9. The van der Waals surface area contributed by atoms with Gasteiger partial charge < -0.3 is 19.9 Å². The Morgan fingerprint density at radius 3 is 2.27 bits per heavy atom. The molecule has 1 aliphatic rings. The number of pyridine rings is 1. The van der Waals surface area contributed by atoms with Crippen molar-refractivity contribution in [3.63, 3.8) is 0 Å². The Morgan fingerprint density at radius 2 is 1.61 bits per heavy atom. The van der Waals surface area contributed by atoms with Crippen LogP contribution in [0.5, 0.6) is 5.75 Å². The molecule has 0 saturated carbocycles. The molecule has 33 heavy (non-hydrogen) atoms. The fraction of sp³-hybridized carbons (Fsp3) is 0.185. The van der Waals surface area contributed by atoms with Gasteiger partial charge in [0.2, 0.25) is 0 Å². The first-order valence-electron chi connectivity index (χ1n) is 11.0. The van der Waals surface area contributed by atoms with Crippen LogP contribution in [0.1, 0.15) is 40.3 Å². The molecule has 1 aliphatic heterocycles. The number of hydrogen-bond acceptors (Lipinski definition) is 3. The van der Waals surface area contributed by atoms with Crippen molar-refractivity contribution < 1.29 is 5.11 Å². The Labute approximate surface area is 199 Å². The third kappa shape index (κ3) is 3.76. The molecule has 3 heterocycles. The summed E-state index contributed by atoms with van der Waals surface area (Å²) in [5.74, 6) is 0.257. The molecule has 2 aromatic heterocycles. The highest BCUT2D eigenvalue weighted by atomic mass is 32.1. The van der Waals surface area contributed by atoms with Gasteiger partial charge in [0.15, 0.2) is 5.11 Å². The van der Waals surface area contributed by atoms with Gasteiger partial charge in [-0.2, -0.15) is 0 Å². The predicted octanol–water partition coefficient (Wildman–Crippen LogP) is 5.68. The van der Waals surface area contributed by atoms with Crippen molar-refractivity contribution in [2.24, 2.45) is 0 Å². The Bertz CT molecular complexity index is 1300. The third-order valence-electron chi connectivity index (χ3n) is 6.31. The van der Waals surface area contributed by atoms with Crippen LogP contribution in [-0.2, 0) is 0 Å². The number of anilines is 1. The minimum atomic E-state index is -0.0891. The molecule has 2 N–H and O–H groups in total. The second-order valence-corrected chi connectivity index (χ2v) is 8.90. The molecule has 5 rings (SSSR count). The normalized spacial score (nSPS) is 17.9. The first-order valence-corrected chi connectivity index (χ1v) is 11.4. The summed E-state index contributed by atoms with van der Waals surface area (Å²) in [5.41, 5.74) is 7.66. The summed E-state index contributed by atoms with van der Waals surface area (Å²) in [6, 6.07) is 23.8. The summed E-state index contributed by atoms with van der Waals surface area (Å²) in [6.07, 6.45) is 1.82. The molecule has 6 heteroatoms. The molecule has 2 aromatic carbocycles. The van der Waals surface area contributed by atoms with E-state index >= 15 is 0 Å². The number of phenols is 1. The van der Waals surface area contributed by atoms with Gasteiger partial charge in [0.1, 0.15) is 5.75 Å². The van der Waals surface area contributed by atoms with Crippen LogP contribution in [-0.4, -0.2) is 19.8 Å². The summed E-state index contributed by atoms with van der Waals surface area (Å²) in [5, 5.41) is 14.0. The molecule has 0 aliphatic carbocycles. The van der Waals surface area contributed by atoms with Crippen LogP contribution < -0.4 is 10.2 Å². The standard InChI is InChI=1S/C27H26N4OS/c1-17-7-9-21(10-8-17)31-26(25(29-27(31)33)24-6-4-5-15-28-24)23-16-18(2)30(19(23)3)20-11-13-22(32)14-12-20/h4-16,25-26,32H,1-3H3,(H,29,33)/t25-,26-/m0/s1. The number of hydrogen-bond donors (Lipinski definition) is 2. The van der Waals surface area contributed by atoms with E-state index in [1.54, 1.807) is 12.1 Å². The SMILES string of the molecule is Cc1ccc(N2C(=S)N[C@@H](c3ccccn3)[C@@H]2c2cc(C)n(-c3ccc(O)cc3)c2C)cc1. The van der Waals surface area contributed by atoms with Crippen LogP contribution in [0.25, 0.3) is 5.69 Å². The highest BCUT2D eigenvalue weighted by molar-refractivity contribution is 7.80. The molecule has 1 fully saturated rings. The lowest BCUT2D eigenvalue weighted by Crippen LogP contribution is -2.29. The van der Waals surface area contributed by atoms with Gasteiger partial charge in [-0.3, -0.25) is 4.98 Å². The van der Waals surface area contributed by atoms with Crippen LogP contribution in [0.3, 0.4) is 0 Å². The second kappa shape index (κ2) is 8.37. The largest absolute Gasteiger partial charge is 0.508 e. The zero-order valence-electron chi connectivity index (χ0n) is 18.9. The molecule has 2 atom stereocenters. The zero-order chi connectivity index (χ0) is 23.1. The van der Waals surface area contributed by atoms with E-state index in [0.717, 1.165) is 28.5 Å². The van der Waals surface area contributed by atoms with Gasteiger partial charge >= 0.3 is 0 Å². The molecule has 0 spiro atoms. The average Bonchev–Trinajstić information content (AvgIpc) is 3.31. The number of rotatable bonds is 4. The number of benzene rings is 2. The molecule has 4 aromatic rings. The number of thiocarbonyl (C=S) groups is 1. The van der Waals surface area contributed by atoms with Crippen LogP contribution in [0.4, 0.5) is 5.69 Å². The topological polar surface area (TPSA) is 53.3 Å². The maximum atomic E-state index is 9.74. The molecular formula is C27H26N4OS. The zero-order valence-corrected chi connectivity index (χ0v) is 19.7. The Kier molecular flexibility index (Phi) is 5.38. The van der Waals surface area contributed by atoms with E-state index in [1.165, 1.54) is 11.1 Å². The van der Waals surface area contributed by atoms with Crippen LogP contribution in [0.2, 0.25) is 0 Å². The van der Waals surface area contributed by atoms with Gasteiger partial charge in [0.25, 0.3) is 0 Å². The summed E-state index contributed by atoms with van der Waals surface area (Å²) >= 11 is 5.85. The van der Waals surface area contributed by atoms with E-state index in [2.05, 4.69) is 70.9 Å². The van der Waals surface area contributed by atoms with Crippen molar-refractivity contribution in [2.45, 2.75) is 32.9 Å². The Morgan fingerprint density at radius 1 is 0.909 bits per heavy atom. The molecule has 5 nitrogen and oxygen atoms in total. The third-order valence-corrected chi connectivity index (χ3v) is 6.62. The van der Waals surface area contributed by atoms with Crippen molar-refractivity contribution >= 4 is 23.0 Å². The van der Waals surface area contributed by atoms with Gasteiger partial charge in [-0.1, -0.05) is 23.8 Å². The Balaban J connectivity index is 1.67. The number of aryl methyl sites for hydroxylation is 2. The van der Waals surface area contributed by atoms with Gasteiger partial charge in [0.05, 0.1) is 17.8 Å². The molecule has 0 bridgehead atoms. The maximum absolute atomic E-state index is 9.74. The van der Waals surface area contributed by atoms with E-state index < -0.39 is 0 Å². The second-order valence-electron chi connectivity index (χ2n) is 8.51. The van der Waals surface area contributed by atoms with Gasteiger partial charge in [-0.25, -0.2) is 0 Å². The van der Waals surface area contributed by atoms with Gasteiger partial charge in [0, 0.05) is 29.0 Å². The van der Waals surface area contributed by atoms with Crippen LogP contribution in [0.15, 0.2) is 79.0 Å². The molecule has 166 valence electrons. The van der Waals surface area contributed by atoms with Gasteiger partial charge in [-0.05, 0) is 93.1 Å². The molecular weight excluding hydrogens is 428 g/mol. The predicted molar refractivity (Wildman–Crippen MR) is 136 cm³/mol. The fourth-order valence-electron chi connectivity index (χ4n) is 4.74. The summed E-state index contributed by atoms with van der Waals surface area (Å²) in [6.45, 7) is 6.33. The van der Waals surface area contributed by atoms with Crippen molar-refractivity contribution in [1.82, 2.24) is 14.9 Å². The van der Waals surface area contributed by atoms with E-state index in [9.17, 15) is 5.11 Å². The maximum Gasteiger partial charge on any atom is 0.174 e. The number of aromatic hydroxyl groups is 1. The number of phenolic OH excluding ortho intramolecular Hbond substituents is 1. The summed E-state index contributed by atoms with van der Waals surface area (Å²) in [4.78, 5) is 6.86. The summed E-state index contributed by atoms with van der Waals surface area (Å²) < 4.78 is 2.22. The lowest BCUT2D eigenvalue weighted by atomic mass is 9.96. The van der Waals surface area contributed by atoms with Crippen LogP contribution in [0, 0.1) is 20.8 Å². The van der Waals surface area contributed by atoms with Crippen LogP contribution >= 0.6 is 12.2 Å². The first kappa shape index (κ1) is 21.2. The summed E-state index contributed by atoms with van der Waals surface area (Å²) in [7, 11) is 0. The molecule has 0 amide bonds. The molecule has 0 radical (unpaired) electrons. The average molecular weight is 455 g/mol. The molecule has 1 saturated heterocycles. The van der Waals surface area contributed by atoms with Crippen molar-refractivity contribution in [3.8, 4) is 11.4 Å². The monoisotopic (exact) mass is 454 g/mol. The van der Waals surface area contributed by atoms with E-state index in [4.69, 9.17) is 12.2 Å². The highest BCUT2D eigenvalue weighted by Gasteiger charge is 2.42. The number of aromatic nitrogens is 2.